The van der Waals surface area contributed by atoms with Crippen molar-refractivity contribution in [3.63, 3.8) is 0 Å². The normalized spacial score (nSPS) is 16.2. The number of piperidine rings is 1. The molecule has 43 heavy (non-hydrogen) atoms. The van der Waals surface area contributed by atoms with Crippen molar-refractivity contribution in [1.82, 2.24) is 19.9 Å². The van der Waals surface area contributed by atoms with Gasteiger partial charge in [0.25, 0.3) is 0 Å². The Labute approximate surface area is 256 Å². The molecule has 0 amide bonds. The zero-order chi connectivity index (χ0) is 30.9. The van der Waals surface area contributed by atoms with Gasteiger partial charge < -0.3 is 25.3 Å². The highest BCUT2D eigenvalue weighted by Crippen LogP contribution is 2.39. The van der Waals surface area contributed by atoms with Crippen molar-refractivity contribution in [2.45, 2.75) is 89.5 Å². The number of aromatic nitrogens is 3. The fourth-order valence-electron chi connectivity index (χ4n) is 5.79. The molecule has 0 bridgehead atoms. The van der Waals surface area contributed by atoms with Crippen molar-refractivity contribution in [3.05, 3.63) is 59.8 Å². The highest BCUT2D eigenvalue weighted by atomic mass is 32.2. The Morgan fingerprint density at radius 1 is 1.00 bits per heavy atom. The Morgan fingerprint density at radius 2 is 1.72 bits per heavy atom. The number of ether oxygens (including phenoxy) is 1. The van der Waals surface area contributed by atoms with Gasteiger partial charge in [0.1, 0.15) is 17.2 Å². The number of likely N-dealkylation sites (tertiary alicyclic amines) is 1. The van der Waals surface area contributed by atoms with Gasteiger partial charge in [0.05, 0.1) is 27.8 Å². The van der Waals surface area contributed by atoms with Crippen LogP contribution in [0.3, 0.4) is 0 Å². The quantitative estimate of drug-likeness (QED) is 0.161. The average Bonchev–Trinajstić information content (AvgIpc) is 3.43. The lowest BCUT2D eigenvalue weighted by atomic mass is 9.86. The summed E-state index contributed by atoms with van der Waals surface area (Å²) < 4.78 is 19.9. The molecule has 1 unspecified atom stereocenters. The first-order valence-corrected chi connectivity index (χ1v) is 17.1. The predicted octanol–water partition coefficient (Wildman–Crippen LogP) is 7.61. The fraction of sp³-hybridized carbons (Fsp3) is 0.441. The highest BCUT2D eigenvalue weighted by Gasteiger charge is 2.25. The van der Waals surface area contributed by atoms with E-state index in [-0.39, 0.29) is 11.4 Å². The molecule has 4 aromatic rings. The van der Waals surface area contributed by atoms with Gasteiger partial charge in [0.15, 0.2) is 0 Å². The molecule has 3 N–H and O–H groups in total. The van der Waals surface area contributed by atoms with Gasteiger partial charge in [-0.2, -0.15) is 9.97 Å². The van der Waals surface area contributed by atoms with E-state index < -0.39 is 9.52 Å². The van der Waals surface area contributed by atoms with Crippen LogP contribution in [0.5, 0.6) is 5.75 Å². The number of rotatable bonds is 10. The smallest absolute Gasteiger partial charge is 0.231 e. The minimum atomic E-state index is -2.52. The zero-order valence-electron chi connectivity index (χ0n) is 26.5. The number of aryl methyl sites for hydroxylation is 1. The lowest BCUT2D eigenvalue weighted by Crippen LogP contribution is -2.37. The number of benzene rings is 2. The molecular weight excluding hydrogens is 556 g/mol. The summed E-state index contributed by atoms with van der Waals surface area (Å²) in [5.74, 6) is 6.43. The molecule has 2 aromatic carbocycles. The minimum absolute atomic E-state index is 0.0119. The van der Waals surface area contributed by atoms with E-state index in [1.807, 2.05) is 64.2 Å². The SMILES string of the molecule is C=S(=O)(c1ccccc1Nc1nc(Nc2cc(C)c(C3CCN(C(C)C)CC3)cc2OC(C)C)nc2[nH]ccc12)C(C)C. The molecule has 0 aliphatic carbocycles. The van der Waals surface area contributed by atoms with Crippen LogP contribution in [0.2, 0.25) is 0 Å². The molecule has 1 fully saturated rings. The van der Waals surface area contributed by atoms with Crippen molar-refractivity contribution >= 4 is 49.6 Å². The van der Waals surface area contributed by atoms with Crippen molar-refractivity contribution < 1.29 is 8.95 Å². The Balaban J connectivity index is 1.49. The summed E-state index contributed by atoms with van der Waals surface area (Å²) in [5, 5.41) is 7.62. The largest absolute Gasteiger partial charge is 0.489 e. The number of para-hydroxylation sites is 1. The molecule has 1 aliphatic heterocycles. The Kier molecular flexibility index (Phi) is 9.04. The summed E-state index contributed by atoms with van der Waals surface area (Å²) in [7, 11) is -2.52. The first-order valence-electron chi connectivity index (χ1n) is 15.3. The van der Waals surface area contributed by atoms with Crippen LogP contribution in [-0.2, 0) is 9.52 Å². The van der Waals surface area contributed by atoms with E-state index in [1.54, 1.807) is 0 Å². The number of hydrogen-bond donors (Lipinski definition) is 3. The van der Waals surface area contributed by atoms with E-state index in [0.717, 1.165) is 48.4 Å². The van der Waals surface area contributed by atoms with Gasteiger partial charge >= 0.3 is 0 Å². The Morgan fingerprint density at radius 3 is 2.40 bits per heavy atom. The molecule has 3 heterocycles. The number of H-pyrrole nitrogens is 1. The van der Waals surface area contributed by atoms with Crippen LogP contribution in [0.1, 0.15) is 71.4 Å². The number of fused-ring (bicyclic) bond motifs is 1. The molecule has 5 rings (SSSR count). The molecule has 2 aromatic heterocycles. The highest BCUT2D eigenvalue weighted by molar-refractivity contribution is 8.01. The van der Waals surface area contributed by atoms with Crippen LogP contribution < -0.4 is 15.4 Å². The monoisotopic (exact) mass is 602 g/mol. The predicted molar refractivity (Wildman–Crippen MR) is 181 cm³/mol. The van der Waals surface area contributed by atoms with Gasteiger partial charge in [0, 0.05) is 27.0 Å². The molecular formula is C34H46N6O2S. The van der Waals surface area contributed by atoms with Crippen molar-refractivity contribution in [3.8, 4) is 5.75 Å². The minimum Gasteiger partial charge on any atom is -0.489 e. The van der Waals surface area contributed by atoms with Crippen molar-refractivity contribution in [2.75, 3.05) is 23.7 Å². The summed E-state index contributed by atoms with van der Waals surface area (Å²) in [6, 6.07) is 14.5. The summed E-state index contributed by atoms with van der Waals surface area (Å²) in [6.45, 7) is 16.9. The van der Waals surface area contributed by atoms with Gasteiger partial charge in [-0.25, -0.2) is 0 Å². The lowest BCUT2D eigenvalue weighted by molar-refractivity contribution is 0.171. The van der Waals surface area contributed by atoms with Crippen molar-refractivity contribution in [1.29, 1.82) is 0 Å². The van der Waals surface area contributed by atoms with Crippen LogP contribution in [0, 0.1) is 6.92 Å². The summed E-state index contributed by atoms with van der Waals surface area (Å²) >= 11 is 0. The zero-order valence-corrected chi connectivity index (χ0v) is 27.3. The third-order valence-corrected chi connectivity index (χ3v) is 11.0. The van der Waals surface area contributed by atoms with Crippen LogP contribution >= 0.6 is 0 Å². The molecule has 230 valence electrons. The second-order valence-electron chi connectivity index (χ2n) is 12.4. The summed E-state index contributed by atoms with van der Waals surface area (Å²) in [6.07, 6.45) is 4.15. The number of aromatic amines is 1. The van der Waals surface area contributed by atoms with Crippen LogP contribution in [-0.4, -0.2) is 60.4 Å². The van der Waals surface area contributed by atoms with E-state index in [9.17, 15) is 4.21 Å². The summed E-state index contributed by atoms with van der Waals surface area (Å²) in [5.41, 5.74) is 4.82. The second-order valence-corrected chi connectivity index (χ2v) is 15.3. The molecule has 1 saturated heterocycles. The van der Waals surface area contributed by atoms with E-state index in [2.05, 4.69) is 59.3 Å². The molecule has 0 radical (unpaired) electrons. The average molecular weight is 603 g/mol. The number of nitrogens with one attached hydrogen (secondary N) is 3. The first-order chi connectivity index (χ1) is 20.4. The molecule has 1 aliphatic rings. The van der Waals surface area contributed by atoms with E-state index >= 15 is 0 Å². The molecule has 1 atom stereocenters. The number of nitrogens with zero attached hydrogens (tertiary/aromatic N) is 3. The summed E-state index contributed by atoms with van der Waals surface area (Å²) in [4.78, 5) is 16.1. The third kappa shape index (κ3) is 6.68. The molecule has 0 saturated carbocycles. The molecule has 0 spiro atoms. The van der Waals surface area contributed by atoms with E-state index in [4.69, 9.17) is 14.7 Å². The molecule has 9 heteroatoms. The van der Waals surface area contributed by atoms with Crippen LogP contribution in [0.4, 0.5) is 23.1 Å². The van der Waals surface area contributed by atoms with Crippen LogP contribution in [0.25, 0.3) is 11.0 Å². The van der Waals surface area contributed by atoms with Gasteiger partial charge in [0.2, 0.25) is 5.95 Å². The van der Waals surface area contributed by atoms with Gasteiger partial charge in [-0.15, -0.1) is 0 Å². The maximum Gasteiger partial charge on any atom is 0.231 e. The molecule has 8 nitrogen and oxygen atoms in total. The first kappa shape index (κ1) is 30.9. The van der Waals surface area contributed by atoms with Crippen molar-refractivity contribution in [2.24, 2.45) is 0 Å². The fourth-order valence-corrected chi connectivity index (χ4v) is 7.09. The number of anilines is 4. The Hall–Kier alpha value is -3.56. The van der Waals surface area contributed by atoms with Crippen LogP contribution in [0.15, 0.2) is 53.6 Å². The maximum absolute atomic E-state index is 13.5. The van der Waals surface area contributed by atoms with E-state index in [1.165, 1.54) is 11.1 Å². The van der Waals surface area contributed by atoms with E-state index in [0.29, 0.717) is 34.3 Å². The number of hydrogen-bond acceptors (Lipinski definition) is 7. The topological polar surface area (TPSA) is 95.2 Å². The second kappa shape index (κ2) is 12.6. The third-order valence-electron chi connectivity index (χ3n) is 8.37. The Bertz CT molecular complexity index is 1680. The van der Waals surface area contributed by atoms with Gasteiger partial charge in [-0.3, -0.25) is 4.21 Å². The van der Waals surface area contributed by atoms with Gasteiger partial charge in [-0.1, -0.05) is 26.0 Å². The maximum atomic E-state index is 13.5. The standard InChI is InChI=1S/C34H46N6O2S/c1-21(2)40-17-14-25(15-18-40)27-20-30(42-22(3)4)29(19-24(27)7)37-34-38-32-26(13-16-35-32)33(39-34)36-28-11-9-10-12-31(28)43(8,41)23(5)6/h9-13,16,19-23,25H,8,14-15,17-18H2,1-7H3,(H3,35,36,37,38,39). The lowest BCUT2D eigenvalue weighted by Gasteiger charge is -2.35. The van der Waals surface area contributed by atoms with Gasteiger partial charge in [-0.05, 0) is 114 Å².